The Morgan fingerprint density at radius 1 is 1.77 bits per heavy atom. The molecule has 0 aliphatic carbocycles. The number of aromatic nitrogens is 1. The second kappa shape index (κ2) is 4.66. The van der Waals surface area contributed by atoms with Crippen molar-refractivity contribution in [1.82, 2.24) is 4.98 Å². The minimum absolute atomic E-state index is 0.519. The molecule has 0 saturated heterocycles. The van der Waals surface area contributed by atoms with Crippen molar-refractivity contribution in [2.24, 2.45) is 0 Å². The summed E-state index contributed by atoms with van der Waals surface area (Å²) < 4.78 is 0.847. The van der Waals surface area contributed by atoms with Crippen molar-refractivity contribution in [2.45, 2.75) is 5.03 Å². The molecule has 13 heavy (non-hydrogen) atoms. The smallest absolute Gasteiger partial charge is 0.409 e. The van der Waals surface area contributed by atoms with E-state index in [2.05, 4.69) is 32.9 Å². The first-order chi connectivity index (χ1) is 6.13. The summed E-state index contributed by atoms with van der Waals surface area (Å²) in [5, 5.41) is 11.6. The van der Waals surface area contributed by atoms with E-state index in [1.54, 1.807) is 0 Å². The fourth-order valence-corrected chi connectivity index (χ4v) is 1.91. The Morgan fingerprint density at radius 2 is 2.46 bits per heavy atom. The van der Waals surface area contributed by atoms with Crippen LogP contribution < -0.4 is 5.32 Å². The van der Waals surface area contributed by atoms with Gasteiger partial charge in [-0.2, -0.15) is 0 Å². The minimum Gasteiger partial charge on any atom is -0.465 e. The molecular weight excluding hydrogens is 303 g/mol. The van der Waals surface area contributed by atoms with Crippen LogP contribution in [0.3, 0.4) is 0 Å². The predicted octanol–water partition coefficient (Wildman–Crippen LogP) is 2.50. The van der Waals surface area contributed by atoms with Crippen LogP contribution in [0.4, 0.5) is 10.5 Å². The summed E-state index contributed by atoms with van der Waals surface area (Å²) in [6, 6.07) is 1.83. The van der Waals surface area contributed by atoms with Crippen molar-refractivity contribution in [3.05, 3.63) is 15.8 Å². The third-order valence-corrected chi connectivity index (χ3v) is 2.81. The Bertz CT molecular complexity index is 332. The number of rotatable bonds is 2. The average Bonchev–Trinajstić information content (AvgIpc) is 2.08. The largest absolute Gasteiger partial charge is 0.465 e. The SMILES string of the molecule is CSc1cc(I)c(NC(=O)O)cn1. The van der Waals surface area contributed by atoms with Crippen LogP contribution in [0.15, 0.2) is 17.3 Å². The van der Waals surface area contributed by atoms with Gasteiger partial charge in [-0.05, 0) is 34.9 Å². The van der Waals surface area contributed by atoms with Crippen molar-refractivity contribution >= 4 is 46.1 Å². The lowest BCUT2D eigenvalue weighted by molar-refractivity contribution is 0.209. The van der Waals surface area contributed by atoms with Crippen molar-refractivity contribution in [3.8, 4) is 0 Å². The summed E-state index contributed by atoms with van der Waals surface area (Å²) in [5.41, 5.74) is 0.519. The van der Waals surface area contributed by atoms with E-state index in [-0.39, 0.29) is 0 Å². The molecule has 0 aliphatic heterocycles. The number of thioether (sulfide) groups is 1. The Labute approximate surface area is 93.3 Å². The number of pyridine rings is 1. The standard InChI is InChI=1S/C7H7IN2O2S/c1-13-6-2-4(8)5(3-9-6)10-7(11)12/h2-3,10H,1H3,(H,11,12). The first-order valence-electron chi connectivity index (χ1n) is 3.33. The minimum atomic E-state index is -1.07. The van der Waals surface area contributed by atoms with Crippen LogP contribution >= 0.6 is 34.4 Å². The van der Waals surface area contributed by atoms with Gasteiger partial charge in [-0.15, -0.1) is 11.8 Å². The topological polar surface area (TPSA) is 62.2 Å². The lowest BCUT2D eigenvalue weighted by Crippen LogP contribution is -2.08. The van der Waals surface area contributed by atoms with Crippen LogP contribution in [-0.2, 0) is 0 Å². The molecular formula is C7H7IN2O2S. The highest BCUT2D eigenvalue weighted by molar-refractivity contribution is 14.1. The number of carboxylic acid groups (broad SMARTS) is 1. The Kier molecular flexibility index (Phi) is 3.79. The van der Waals surface area contributed by atoms with E-state index < -0.39 is 6.09 Å². The molecule has 1 aromatic rings. The molecule has 0 bridgehead atoms. The second-order valence-electron chi connectivity index (χ2n) is 2.14. The van der Waals surface area contributed by atoms with Gasteiger partial charge in [0.25, 0.3) is 0 Å². The van der Waals surface area contributed by atoms with Crippen LogP contribution in [0.25, 0.3) is 0 Å². The molecule has 0 atom stereocenters. The van der Waals surface area contributed by atoms with Gasteiger partial charge in [0.15, 0.2) is 0 Å². The van der Waals surface area contributed by atoms with Gasteiger partial charge >= 0.3 is 6.09 Å². The summed E-state index contributed by atoms with van der Waals surface area (Å²) in [7, 11) is 0. The van der Waals surface area contributed by atoms with Crippen molar-refractivity contribution in [1.29, 1.82) is 0 Å². The quantitative estimate of drug-likeness (QED) is 0.651. The van der Waals surface area contributed by atoms with Crippen molar-refractivity contribution in [3.63, 3.8) is 0 Å². The van der Waals surface area contributed by atoms with Crippen LogP contribution in [-0.4, -0.2) is 22.4 Å². The second-order valence-corrected chi connectivity index (χ2v) is 4.13. The van der Waals surface area contributed by atoms with E-state index in [4.69, 9.17) is 5.11 Å². The van der Waals surface area contributed by atoms with Gasteiger partial charge < -0.3 is 5.11 Å². The van der Waals surface area contributed by atoms with E-state index in [0.29, 0.717) is 5.69 Å². The lowest BCUT2D eigenvalue weighted by atomic mass is 10.4. The van der Waals surface area contributed by atoms with Gasteiger partial charge in [0.1, 0.15) is 0 Å². The van der Waals surface area contributed by atoms with Crippen LogP contribution in [0, 0.1) is 3.57 Å². The predicted molar refractivity (Wildman–Crippen MR) is 60.4 cm³/mol. The molecule has 0 fully saturated rings. The Balaban J connectivity index is 2.91. The number of nitrogens with one attached hydrogen (secondary N) is 1. The zero-order valence-electron chi connectivity index (χ0n) is 6.74. The molecule has 2 N–H and O–H groups in total. The highest BCUT2D eigenvalue weighted by Gasteiger charge is 2.04. The fourth-order valence-electron chi connectivity index (χ4n) is 0.732. The molecule has 0 radical (unpaired) electrons. The molecule has 0 saturated carbocycles. The summed E-state index contributed by atoms with van der Waals surface area (Å²) >= 11 is 3.58. The molecule has 0 unspecified atom stereocenters. The maximum absolute atomic E-state index is 10.3. The number of anilines is 1. The van der Waals surface area contributed by atoms with Crippen LogP contribution in [0.5, 0.6) is 0 Å². The highest BCUT2D eigenvalue weighted by Crippen LogP contribution is 2.21. The lowest BCUT2D eigenvalue weighted by Gasteiger charge is -2.03. The number of hydrogen-bond acceptors (Lipinski definition) is 3. The normalized spacial score (nSPS) is 9.69. The molecule has 1 aromatic heterocycles. The highest BCUT2D eigenvalue weighted by atomic mass is 127. The van der Waals surface area contributed by atoms with E-state index in [1.807, 2.05) is 12.3 Å². The Morgan fingerprint density at radius 3 is 2.92 bits per heavy atom. The Hall–Kier alpha value is -0.500. The van der Waals surface area contributed by atoms with Gasteiger partial charge in [0.05, 0.1) is 16.9 Å². The van der Waals surface area contributed by atoms with Crippen molar-refractivity contribution in [2.75, 3.05) is 11.6 Å². The van der Waals surface area contributed by atoms with Crippen LogP contribution in [0.2, 0.25) is 0 Å². The van der Waals surface area contributed by atoms with E-state index in [0.717, 1.165) is 8.60 Å². The monoisotopic (exact) mass is 310 g/mol. The van der Waals surface area contributed by atoms with Gasteiger partial charge in [-0.25, -0.2) is 9.78 Å². The van der Waals surface area contributed by atoms with E-state index in [9.17, 15) is 4.79 Å². The summed E-state index contributed by atoms with van der Waals surface area (Å²) in [6.07, 6.45) is 2.36. The molecule has 70 valence electrons. The summed E-state index contributed by atoms with van der Waals surface area (Å²) in [5.74, 6) is 0. The summed E-state index contributed by atoms with van der Waals surface area (Å²) in [4.78, 5) is 14.4. The molecule has 4 nitrogen and oxygen atoms in total. The van der Waals surface area contributed by atoms with Gasteiger partial charge in [-0.3, -0.25) is 5.32 Å². The first-order valence-corrected chi connectivity index (χ1v) is 5.63. The molecule has 0 spiro atoms. The zero-order chi connectivity index (χ0) is 9.84. The van der Waals surface area contributed by atoms with E-state index in [1.165, 1.54) is 18.0 Å². The maximum Gasteiger partial charge on any atom is 0.409 e. The van der Waals surface area contributed by atoms with E-state index >= 15 is 0 Å². The number of hydrogen-bond donors (Lipinski definition) is 2. The zero-order valence-corrected chi connectivity index (χ0v) is 9.72. The molecule has 6 heteroatoms. The molecule has 1 rings (SSSR count). The third-order valence-electron chi connectivity index (χ3n) is 1.28. The van der Waals surface area contributed by atoms with Gasteiger partial charge in [0.2, 0.25) is 0 Å². The fraction of sp³-hybridized carbons (Fsp3) is 0.143. The maximum atomic E-state index is 10.3. The average molecular weight is 310 g/mol. The molecule has 0 aromatic carbocycles. The van der Waals surface area contributed by atoms with Gasteiger partial charge in [-0.1, -0.05) is 0 Å². The first kappa shape index (κ1) is 10.6. The number of amides is 1. The van der Waals surface area contributed by atoms with Gasteiger partial charge in [0, 0.05) is 3.57 Å². The number of nitrogens with zero attached hydrogens (tertiary/aromatic N) is 1. The third kappa shape index (κ3) is 3.03. The number of carbonyl (C=O) groups is 1. The molecule has 1 amide bonds. The van der Waals surface area contributed by atoms with Crippen LogP contribution in [0.1, 0.15) is 0 Å². The molecule has 1 heterocycles. The van der Waals surface area contributed by atoms with Crippen molar-refractivity contribution < 1.29 is 9.90 Å². The molecule has 0 aliphatic rings. The summed E-state index contributed by atoms with van der Waals surface area (Å²) in [6.45, 7) is 0. The number of halogens is 1.